The Kier molecular flexibility index (Phi) is 4.37. The molecule has 23 heavy (non-hydrogen) atoms. The molecule has 0 bridgehead atoms. The molecule has 1 atom stereocenters. The zero-order valence-electron chi connectivity index (χ0n) is 12.5. The van der Waals surface area contributed by atoms with E-state index in [0.717, 1.165) is 5.56 Å². The number of aliphatic hydroxyl groups excluding tert-OH is 1. The first-order chi connectivity index (χ1) is 11.0. The third-order valence-corrected chi connectivity index (χ3v) is 3.87. The molecule has 0 aliphatic carbocycles. The molecular formula is C18H16ClNO3. The van der Waals surface area contributed by atoms with E-state index in [2.05, 4.69) is 5.32 Å². The van der Waals surface area contributed by atoms with Crippen molar-refractivity contribution in [2.45, 2.75) is 13.0 Å². The van der Waals surface area contributed by atoms with E-state index in [-0.39, 0.29) is 12.5 Å². The quantitative estimate of drug-likeness (QED) is 0.900. The molecule has 1 aliphatic heterocycles. The number of rotatable bonds is 3. The summed E-state index contributed by atoms with van der Waals surface area (Å²) in [6, 6.07) is 12.5. The van der Waals surface area contributed by atoms with Gasteiger partial charge in [-0.3, -0.25) is 4.79 Å². The summed E-state index contributed by atoms with van der Waals surface area (Å²) in [5, 5.41) is 13.2. The molecule has 3 rings (SSSR count). The van der Waals surface area contributed by atoms with Crippen LogP contribution in [0.15, 0.2) is 48.0 Å². The summed E-state index contributed by atoms with van der Waals surface area (Å²) in [7, 11) is 0. The van der Waals surface area contributed by atoms with E-state index < -0.39 is 6.10 Å². The van der Waals surface area contributed by atoms with Gasteiger partial charge in [-0.15, -0.1) is 0 Å². The Labute approximate surface area is 139 Å². The molecule has 0 fully saturated rings. The fraction of sp³-hybridized carbons (Fsp3) is 0.167. The first kappa shape index (κ1) is 15.6. The Morgan fingerprint density at radius 3 is 2.87 bits per heavy atom. The van der Waals surface area contributed by atoms with Crippen LogP contribution in [-0.4, -0.2) is 17.6 Å². The predicted molar refractivity (Wildman–Crippen MR) is 90.6 cm³/mol. The van der Waals surface area contributed by atoms with Crippen LogP contribution in [0, 0.1) is 0 Å². The lowest BCUT2D eigenvalue weighted by atomic mass is 10.1. The minimum atomic E-state index is -0.664. The molecule has 1 amide bonds. The number of anilines is 1. The zero-order valence-corrected chi connectivity index (χ0v) is 13.3. The van der Waals surface area contributed by atoms with E-state index >= 15 is 0 Å². The van der Waals surface area contributed by atoms with Crippen molar-refractivity contribution in [3.05, 3.63) is 64.2 Å². The molecule has 1 aliphatic rings. The van der Waals surface area contributed by atoms with Crippen LogP contribution in [0.4, 0.5) is 5.69 Å². The number of ether oxygens (including phenoxy) is 1. The van der Waals surface area contributed by atoms with Gasteiger partial charge in [-0.2, -0.15) is 0 Å². The zero-order chi connectivity index (χ0) is 16.4. The van der Waals surface area contributed by atoms with Crippen molar-refractivity contribution in [3.63, 3.8) is 0 Å². The minimum absolute atomic E-state index is 0.192. The van der Waals surface area contributed by atoms with Gasteiger partial charge in [0.05, 0.1) is 11.7 Å². The summed E-state index contributed by atoms with van der Waals surface area (Å²) >= 11 is 5.98. The fourth-order valence-corrected chi connectivity index (χ4v) is 2.64. The average Bonchev–Trinajstić information content (AvgIpc) is 2.54. The van der Waals surface area contributed by atoms with E-state index in [4.69, 9.17) is 16.3 Å². The lowest BCUT2D eigenvalue weighted by molar-refractivity contribution is -0.113. The summed E-state index contributed by atoms with van der Waals surface area (Å²) in [5.41, 5.74) is 2.53. The highest BCUT2D eigenvalue weighted by molar-refractivity contribution is 6.30. The molecular weight excluding hydrogens is 314 g/mol. The maximum Gasteiger partial charge on any atom is 0.255 e. The summed E-state index contributed by atoms with van der Waals surface area (Å²) in [6.45, 7) is 1.85. The SMILES string of the molecule is CC(O)c1ccccc1NC(=O)C1=Cc2cc(Cl)ccc2OC1. The number of fused-ring (bicyclic) bond motifs is 1. The number of aliphatic hydroxyl groups is 1. The monoisotopic (exact) mass is 329 g/mol. The molecule has 1 heterocycles. The van der Waals surface area contributed by atoms with Crippen molar-refractivity contribution < 1.29 is 14.6 Å². The Bertz CT molecular complexity index is 784. The summed E-state index contributed by atoms with van der Waals surface area (Å²) < 4.78 is 5.59. The maximum absolute atomic E-state index is 12.5. The van der Waals surface area contributed by atoms with Crippen molar-refractivity contribution in [1.29, 1.82) is 0 Å². The Morgan fingerprint density at radius 2 is 2.09 bits per heavy atom. The van der Waals surface area contributed by atoms with Gasteiger partial charge in [0.15, 0.2) is 0 Å². The molecule has 0 saturated carbocycles. The number of halogens is 1. The second-order valence-electron chi connectivity index (χ2n) is 5.36. The number of carbonyl (C=O) groups is 1. The summed E-state index contributed by atoms with van der Waals surface area (Å²) in [4.78, 5) is 12.5. The number of nitrogens with one attached hydrogen (secondary N) is 1. The highest BCUT2D eigenvalue weighted by atomic mass is 35.5. The van der Waals surface area contributed by atoms with Crippen molar-refractivity contribution in [2.24, 2.45) is 0 Å². The van der Waals surface area contributed by atoms with Gasteiger partial charge in [0.2, 0.25) is 0 Å². The molecule has 0 saturated heterocycles. The normalized spacial score (nSPS) is 14.3. The van der Waals surface area contributed by atoms with E-state index in [1.54, 1.807) is 43.3 Å². The largest absolute Gasteiger partial charge is 0.488 e. The first-order valence-electron chi connectivity index (χ1n) is 7.26. The number of benzene rings is 2. The molecule has 118 valence electrons. The van der Waals surface area contributed by atoms with Crippen molar-refractivity contribution in [1.82, 2.24) is 0 Å². The van der Waals surface area contributed by atoms with Gasteiger partial charge in [0.1, 0.15) is 12.4 Å². The molecule has 4 nitrogen and oxygen atoms in total. The average molecular weight is 330 g/mol. The van der Waals surface area contributed by atoms with Gasteiger partial charge in [-0.1, -0.05) is 29.8 Å². The van der Waals surface area contributed by atoms with Gasteiger partial charge in [0.25, 0.3) is 5.91 Å². The molecule has 0 aromatic heterocycles. The van der Waals surface area contributed by atoms with Crippen LogP contribution >= 0.6 is 11.6 Å². The van der Waals surface area contributed by atoms with E-state index in [1.165, 1.54) is 0 Å². The lowest BCUT2D eigenvalue weighted by Crippen LogP contribution is -2.22. The van der Waals surface area contributed by atoms with Gasteiger partial charge in [-0.25, -0.2) is 0 Å². The third-order valence-electron chi connectivity index (χ3n) is 3.64. The minimum Gasteiger partial charge on any atom is -0.488 e. The topological polar surface area (TPSA) is 58.6 Å². The number of amides is 1. The van der Waals surface area contributed by atoms with Crippen molar-refractivity contribution in [3.8, 4) is 5.75 Å². The Morgan fingerprint density at radius 1 is 1.30 bits per heavy atom. The summed E-state index contributed by atoms with van der Waals surface area (Å²) in [6.07, 6.45) is 1.10. The van der Waals surface area contributed by atoms with Gasteiger partial charge in [-0.05, 0) is 37.3 Å². The number of hydrogen-bond acceptors (Lipinski definition) is 3. The molecule has 2 aromatic rings. The van der Waals surface area contributed by atoms with Gasteiger partial charge in [0, 0.05) is 21.8 Å². The number of carbonyl (C=O) groups excluding carboxylic acids is 1. The maximum atomic E-state index is 12.5. The van der Waals surface area contributed by atoms with E-state index in [1.807, 2.05) is 12.1 Å². The molecule has 2 aromatic carbocycles. The van der Waals surface area contributed by atoms with Crippen LogP contribution in [-0.2, 0) is 4.79 Å². The van der Waals surface area contributed by atoms with Gasteiger partial charge < -0.3 is 15.2 Å². The number of para-hydroxylation sites is 1. The van der Waals surface area contributed by atoms with E-state index in [0.29, 0.717) is 27.6 Å². The van der Waals surface area contributed by atoms with E-state index in [9.17, 15) is 9.90 Å². The molecule has 0 radical (unpaired) electrons. The van der Waals surface area contributed by atoms with Crippen molar-refractivity contribution in [2.75, 3.05) is 11.9 Å². The van der Waals surface area contributed by atoms with Crippen LogP contribution in [0.2, 0.25) is 5.02 Å². The highest BCUT2D eigenvalue weighted by Crippen LogP contribution is 2.30. The van der Waals surface area contributed by atoms with Crippen LogP contribution in [0.25, 0.3) is 6.08 Å². The lowest BCUT2D eigenvalue weighted by Gasteiger charge is -2.19. The standard InChI is InChI=1S/C18H16ClNO3/c1-11(21)15-4-2-3-5-16(15)20-18(22)13-8-12-9-14(19)6-7-17(12)23-10-13/h2-9,11,21H,10H2,1H3,(H,20,22). The second kappa shape index (κ2) is 6.44. The van der Waals surface area contributed by atoms with Crippen LogP contribution in [0.5, 0.6) is 5.75 Å². The third kappa shape index (κ3) is 3.38. The van der Waals surface area contributed by atoms with Crippen LogP contribution in [0.3, 0.4) is 0 Å². The Hall–Kier alpha value is -2.30. The van der Waals surface area contributed by atoms with Crippen LogP contribution in [0.1, 0.15) is 24.2 Å². The highest BCUT2D eigenvalue weighted by Gasteiger charge is 2.19. The summed E-state index contributed by atoms with van der Waals surface area (Å²) in [5.74, 6) is 0.444. The Balaban J connectivity index is 1.85. The molecule has 1 unspecified atom stereocenters. The van der Waals surface area contributed by atoms with Crippen LogP contribution < -0.4 is 10.1 Å². The first-order valence-corrected chi connectivity index (χ1v) is 7.63. The van der Waals surface area contributed by atoms with Crippen molar-refractivity contribution >= 4 is 29.3 Å². The number of hydrogen-bond donors (Lipinski definition) is 2. The molecule has 5 heteroatoms. The molecule has 2 N–H and O–H groups in total. The smallest absolute Gasteiger partial charge is 0.255 e. The second-order valence-corrected chi connectivity index (χ2v) is 5.79. The molecule has 0 spiro atoms. The predicted octanol–water partition coefficient (Wildman–Crippen LogP) is 3.81. The fourth-order valence-electron chi connectivity index (χ4n) is 2.46. The van der Waals surface area contributed by atoms with Gasteiger partial charge >= 0.3 is 0 Å².